The molecule has 0 N–H and O–H groups in total. The summed E-state index contributed by atoms with van der Waals surface area (Å²) in [4.78, 5) is 16.4. The van der Waals surface area contributed by atoms with Gasteiger partial charge < -0.3 is 0 Å². The molecule has 2 heterocycles. The van der Waals surface area contributed by atoms with Crippen molar-refractivity contribution < 1.29 is 4.79 Å². The summed E-state index contributed by atoms with van der Waals surface area (Å²) in [6.07, 6.45) is 5.54. The lowest BCUT2D eigenvalue weighted by Crippen LogP contribution is -2.10. The summed E-state index contributed by atoms with van der Waals surface area (Å²) >= 11 is 0. The lowest BCUT2D eigenvalue weighted by atomic mass is 10.0. The number of nitrogens with zero attached hydrogens (tertiary/aromatic N) is 3. The van der Waals surface area contributed by atoms with E-state index in [1.165, 1.54) is 0 Å². The number of ketones is 1. The molecular formula is C15H19N3O. The van der Waals surface area contributed by atoms with Gasteiger partial charge in [0, 0.05) is 30.7 Å². The second-order valence-corrected chi connectivity index (χ2v) is 4.59. The molecule has 100 valence electrons. The predicted molar refractivity (Wildman–Crippen MR) is 74.2 cm³/mol. The Balaban J connectivity index is 2.23. The molecule has 0 saturated heterocycles. The number of aryl methyl sites for hydroxylation is 3. The molecule has 4 heteroatoms. The van der Waals surface area contributed by atoms with Crippen LogP contribution in [-0.4, -0.2) is 20.5 Å². The van der Waals surface area contributed by atoms with E-state index in [1.807, 2.05) is 20.0 Å². The van der Waals surface area contributed by atoms with Crippen LogP contribution < -0.4 is 0 Å². The van der Waals surface area contributed by atoms with Crippen LogP contribution in [0.15, 0.2) is 24.5 Å². The van der Waals surface area contributed by atoms with Gasteiger partial charge in [-0.2, -0.15) is 5.10 Å². The van der Waals surface area contributed by atoms with Crippen LogP contribution >= 0.6 is 0 Å². The third-order valence-corrected chi connectivity index (χ3v) is 3.32. The Labute approximate surface area is 113 Å². The Kier molecular flexibility index (Phi) is 4.10. The number of pyridine rings is 1. The van der Waals surface area contributed by atoms with E-state index < -0.39 is 0 Å². The number of Topliss-reactive ketones (excluding diaryl/α,β-unsaturated/α-hetero) is 1. The molecule has 0 atom stereocenters. The van der Waals surface area contributed by atoms with E-state index in [9.17, 15) is 4.79 Å². The fourth-order valence-corrected chi connectivity index (χ4v) is 2.15. The monoisotopic (exact) mass is 257 g/mol. The van der Waals surface area contributed by atoms with Crippen molar-refractivity contribution in [2.45, 2.75) is 33.1 Å². The summed E-state index contributed by atoms with van der Waals surface area (Å²) in [7, 11) is 1.88. The first-order valence-corrected chi connectivity index (χ1v) is 6.63. The van der Waals surface area contributed by atoms with Crippen molar-refractivity contribution in [1.82, 2.24) is 14.8 Å². The zero-order valence-corrected chi connectivity index (χ0v) is 11.7. The fraction of sp³-hybridized carbons (Fsp3) is 0.400. The van der Waals surface area contributed by atoms with E-state index in [-0.39, 0.29) is 5.78 Å². The van der Waals surface area contributed by atoms with Crippen LogP contribution in [0.1, 0.15) is 41.2 Å². The van der Waals surface area contributed by atoms with Gasteiger partial charge in [-0.25, -0.2) is 0 Å². The van der Waals surface area contributed by atoms with Crippen molar-refractivity contribution in [3.05, 3.63) is 47.0 Å². The average Bonchev–Trinajstić information content (AvgIpc) is 2.79. The smallest absolute Gasteiger partial charge is 0.169 e. The van der Waals surface area contributed by atoms with Crippen LogP contribution in [0.5, 0.6) is 0 Å². The van der Waals surface area contributed by atoms with E-state index in [4.69, 9.17) is 0 Å². The molecular weight excluding hydrogens is 238 g/mol. The number of hydrogen-bond acceptors (Lipinski definition) is 3. The maximum Gasteiger partial charge on any atom is 0.169 e. The largest absolute Gasteiger partial charge is 0.294 e. The molecule has 0 radical (unpaired) electrons. The van der Waals surface area contributed by atoms with Gasteiger partial charge in [0.15, 0.2) is 5.78 Å². The maximum absolute atomic E-state index is 12.4. The standard InChI is InChI=1S/C15H19N3O/c1-4-11-10-16-7-6-14(11)15(19)9-13-8-12(5-2)17-18(13)3/h6-8,10H,4-5,9H2,1-3H3. The van der Waals surface area contributed by atoms with Gasteiger partial charge >= 0.3 is 0 Å². The Morgan fingerprint density at radius 2 is 2.11 bits per heavy atom. The Morgan fingerprint density at radius 3 is 2.74 bits per heavy atom. The molecule has 2 rings (SSSR count). The number of carbonyl (C=O) groups is 1. The molecule has 0 aromatic carbocycles. The van der Waals surface area contributed by atoms with E-state index in [0.29, 0.717) is 6.42 Å². The number of aromatic nitrogens is 3. The fourth-order valence-electron chi connectivity index (χ4n) is 2.15. The van der Waals surface area contributed by atoms with Gasteiger partial charge in [-0.05, 0) is 30.5 Å². The zero-order valence-electron chi connectivity index (χ0n) is 11.7. The molecule has 0 unspecified atom stereocenters. The van der Waals surface area contributed by atoms with Gasteiger partial charge in [0.25, 0.3) is 0 Å². The molecule has 4 nitrogen and oxygen atoms in total. The molecule has 2 aromatic rings. The maximum atomic E-state index is 12.4. The van der Waals surface area contributed by atoms with Crippen LogP contribution in [0.4, 0.5) is 0 Å². The van der Waals surface area contributed by atoms with Gasteiger partial charge in [-0.15, -0.1) is 0 Å². The number of hydrogen-bond donors (Lipinski definition) is 0. The number of rotatable bonds is 5. The van der Waals surface area contributed by atoms with E-state index in [0.717, 1.165) is 35.4 Å². The quantitative estimate of drug-likeness (QED) is 0.773. The highest BCUT2D eigenvalue weighted by Gasteiger charge is 2.14. The SMILES string of the molecule is CCc1cc(CC(=O)c2ccncc2CC)n(C)n1. The zero-order chi connectivity index (χ0) is 13.8. The molecule has 0 saturated carbocycles. The first-order chi connectivity index (χ1) is 9.15. The van der Waals surface area contributed by atoms with Crippen molar-refractivity contribution in [3.63, 3.8) is 0 Å². The molecule has 0 spiro atoms. The van der Waals surface area contributed by atoms with Crippen LogP contribution in [0, 0.1) is 0 Å². The van der Waals surface area contributed by atoms with Crippen molar-refractivity contribution in [1.29, 1.82) is 0 Å². The summed E-state index contributed by atoms with van der Waals surface area (Å²) in [6.45, 7) is 4.10. The minimum absolute atomic E-state index is 0.130. The average molecular weight is 257 g/mol. The highest BCUT2D eigenvalue weighted by atomic mass is 16.1. The van der Waals surface area contributed by atoms with Crippen molar-refractivity contribution in [2.75, 3.05) is 0 Å². The second-order valence-electron chi connectivity index (χ2n) is 4.59. The third kappa shape index (κ3) is 2.89. The van der Waals surface area contributed by atoms with E-state index in [2.05, 4.69) is 17.0 Å². The topological polar surface area (TPSA) is 47.8 Å². The minimum Gasteiger partial charge on any atom is -0.294 e. The predicted octanol–water partition coefficient (Wildman–Crippen LogP) is 2.37. The van der Waals surface area contributed by atoms with Crippen molar-refractivity contribution in [2.24, 2.45) is 7.05 Å². The van der Waals surface area contributed by atoms with Gasteiger partial charge in [0.1, 0.15) is 0 Å². The van der Waals surface area contributed by atoms with Crippen LogP contribution in [0.3, 0.4) is 0 Å². The summed E-state index contributed by atoms with van der Waals surface area (Å²) in [5.41, 5.74) is 3.76. The first-order valence-electron chi connectivity index (χ1n) is 6.63. The molecule has 2 aromatic heterocycles. The second kappa shape index (κ2) is 5.78. The Bertz CT molecular complexity index is 587. The number of carbonyl (C=O) groups excluding carboxylic acids is 1. The van der Waals surface area contributed by atoms with Gasteiger partial charge in [-0.3, -0.25) is 14.5 Å². The Morgan fingerprint density at radius 1 is 1.32 bits per heavy atom. The summed E-state index contributed by atoms with van der Waals surface area (Å²) in [5.74, 6) is 0.130. The Hall–Kier alpha value is -1.97. The molecule has 0 aliphatic rings. The van der Waals surface area contributed by atoms with Gasteiger partial charge in [0.05, 0.1) is 12.1 Å². The summed E-state index contributed by atoms with van der Waals surface area (Å²) in [6, 6.07) is 3.81. The highest BCUT2D eigenvalue weighted by Crippen LogP contribution is 2.13. The molecule has 0 aliphatic carbocycles. The van der Waals surface area contributed by atoms with Gasteiger partial charge in [-0.1, -0.05) is 13.8 Å². The molecule has 0 amide bonds. The third-order valence-electron chi connectivity index (χ3n) is 3.32. The molecule has 0 fully saturated rings. The molecule has 0 aliphatic heterocycles. The van der Waals surface area contributed by atoms with Crippen molar-refractivity contribution >= 4 is 5.78 Å². The van der Waals surface area contributed by atoms with Crippen LogP contribution in [0.25, 0.3) is 0 Å². The first kappa shape index (κ1) is 13.5. The van der Waals surface area contributed by atoms with Crippen molar-refractivity contribution in [3.8, 4) is 0 Å². The van der Waals surface area contributed by atoms with E-state index in [1.54, 1.807) is 23.1 Å². The highest BCUT2D eigenvalue weighted by molar-refractivity contribution is 5.98. The summed E-state index contributed by atoms with van der Waals surface area (Å²) < 4.78 is 1.80. The van der Waals surface area contributed by atoms with Gasteiger partial charge in [0.2, 0.25) is 0 Å². The normalized spacial score (nSPS) is 10.7. The molecule has 19 heavy (non-hydrogen) atoms. The van der Waals surface area contributed by atoms with Crippen LogP contribution in [-0.2, 0) is 26.3 Å². The molecule has 0 bridgehead atoms. The van der Waals surface area contributed by atoms with Crippen LogP contribution in [0.2, 0.25) is 0 Å². The lowest BCUT2D eigenvalue weighted by Gasteiger charge is -2.06. The minimum atomic E-state index is 0.130. The summed E-state index contributed by atoms with van der Waals surface area (Å²) in [5, 5.41) is 4.37. The van der Waals surface area contributed by atoms with E-state index >= 15 is 0 Å². The lowest BCUT2D eigenvalue weighted by molar-refractivity contribution is 0.0990.